The lowest BCUT2D eigenvalue weighted by Gasteiger charge is -2.35. The van der Waals surface area contributed by atoms with Crippen molar-refractivity contribution >= 4 is 33.5 Å². The molecule has 0 atom stereocenters. The van der Waals surface area contributed by atoms with Crippen LogP contribution in [0.4, 0.5) is 11.5 Å². The Hall–Kier alpha value is -5.14. The monoisotopic (exact) mass is 635 g/mol. The van der Waals surface area contributed by atoms with E-state index in [1.165, 1.54) is 12.8 Å². The van der Waals surface area contributed by atoms with Crippen LogP contribution in [0.2, 0.25) is 0 Å². The van der Waals surface area contributed by atoms with Crippen LogP contribution in [0.5, 0.6) is 0 Å². The number of nitriles is 1. The van der Waals surface area contributed by atoms with Gasteiger partial charge < -0.3 is 14.8 Å². The van der Waals surface area contributed by atoms with Gasteiger partial charge in [0.1, 0.15) is 17.1 Å². The Balaban J connectivity index is 1.09. The standard InChI is InChI=1S/C39H37N7O2/c1-24-31(7-5-9-33(24)39-44-35-17-26(20-45-13-3-4-14-45)15-29(18-40)37(35)48-39)32-8-6-10-34(25(32)2)43-38-36-28(11-12-41-38)16-27(19-42-36)21-46-22-30(47)23-46/h5-12,15-17,19,30,47H,3-4,13-14,20-23H2,1-2H3,(H,41,43). The van der Waals surface area contributed by atoms with E-state index in [2.05, 4.69) is 76.4 Å². The fraction of sp³-hybridized carbons (Fsp3) is 0.282. The highest BCUT2D eigenvalue weighted by Crippen LogP contribution is 2.38. The van der Waals surface area contributed by atoms with Gasteiger partial charge in [0.2, 0.25) is 5.89 Å². The molecule has 0 radical (unpaired) electrons. The van der Waals surface area contributed by atoms with E-state index in [1.807, 2.05) is 36.7 Å². The molecule has 48 heavy (non-hydrogen) atoms. The van der Waals surface area contributed by atoms with E-state index in [9.17, 15) is 10.4 Å². The summed E-state index contributed by atoms with van der Waals surface area (Å²) >= 11 is 0. The third kappa shape index (κ3) is 5.69. The van der Waals surface area contributed by atoms with Crippen molar-refractivity contribution in [2.45, 2.75) is 45.9 Å². The molecule has 9 nitrogen and oxygen atoms in total. The van der Waals surface area contributed by atoms with E-state index in [0.717, 1.165) is 81.7 Å². The van der Waals surface area contributed by atoms with Crippen LogP contribution in [0.25, 0.3) is 44.6 Å². The number of aliphatic hydroxyl groups excluding tert-OH is 1. The number of hydrogen-bond acceptors (Lipinski definition) is 9. The average molecular weight is 636 g/mol. The molecule has 0 spiro atoms. The minimum absolute atomic E-state index is 0.221. The topological polar surface area (TPSA) is 114 Å². The van der Waals surface area contributed by atoms with Gasteiger partial charge in [-0.2, -0.15) is 5.26 Å². The number of anilines is 2. The Labute approximate surface area is 279 Å². The summed E-state index contributed by atoms with van der Waals surface area (Å²) in [6, 6.07) is 22.9. The Morgan fingerprint density at radius 3 is 2.44 bits per heavy atom. The highest BCUT2D eigenvalue weighted by Gasteiger charge is 2.24. The van der Waals surface area contributed by atoms with Gasteiger partial charge in [-0.1, -0.05) is 24.3 Å². The van der Waals surface area contributed by atoms with Crippen LogP contribution >= 0.6 is 0 Å². The Kier molecular flexibility index (Phi) is 7.85. The van der Waals surface area contributed by atoms with Gasteiger partial charge in [-0.25, -0.2) is 9.97 Å². The van der Waals surface area contributed by atoms with Crippen LogP contribution in [0.3, 0.4) is 0 Å². The third-order valence-electron chi connectivity index (χ3n) is 9.72. The van der Waals surface area contributed by atoms with Crippen molar-refractivity contribution in [1.29, 1.82) is 5.26 Å². The Morgan fingerprint density at radius 1 is 0.896 bits per heavy atom. The number of benzene rings is 3. The third-order valence-corrected chi connectivity index (χ3v) is 9.72. The van der Waals surface area contributed by atoms with E-state index >= 15 is 0 Å². The predicted octanol–water partition coefficient (Wildman–Crippen LogP) is 7.11. The zero-order valence-corrected chi connectivity index (χ0v) is 27.2. The lowest BCUT2D eigenvalue weighted by Crippen LogP contribution is -2.49. The second kappa shape index (κ2) is 12.5. The molecule has 0 bridgehead atoms. The van der Waals surface area contributed by atoms with Crippen molar-refractivity contribution in [3.63, 3.8) is 0 Å². The van der Waals surface area contributed by atoms with Gasteiger partial charge in [0.15, 0.2) is 11.4 Å². The van der Waals surface area contributed by atoms with Crippen LogP contribution in [0, 0.1) is 25.2 Å². The molecule has 0 saturated carbocycles. The van der Waals surface area contributed by atoms with Gasteiger partial charge in [0, 0.05) is 55.2 Å². The molecule has 9 heteroatoms. The first kappa shape index (κ1) is 30.2. The van der Waals surface area contributed by atoms with Gasteiger partial charge in [-0.3, -0.25) is 14.8 Å². The number of pyridine rings is 2. The van der Waals surface area contributed by atoms with Gasteiger partial charge in [-0.05, 0) is 110 Å². The largest absolute Gasteiger partial charge is 0.435 e. The first-order valence-corrected chi connectivity index (χ1v) is 16.6. The number of rotatable bonds is 8. The van der Waals surface area contributed by atoms with E-state index in [-0.39, 0.29) is 6.10 Å². The molecule has 3 aromatic carbocycles. The second-order valence-corrected chi connectivity index (χ2v) is 13.1. The molecule has 240 valence electrons. The SMILES string of the molecule is Cc1c(Nc2nccc3cc(CN4CC(O)C4)cnc23)cccc1-c1cccc(-c2nc3cc(CN4CCCC4)cc(C#N)c3o2)c1C. The van der Waals surface area contributed by atoms with Gasteiger partial charge in [0.05, 0.1) is 11.7 Å². The maximum absolute atomic E-state index is 9.96. The smallest absolute Gasteiger partial charge is 0.227 e. The molecule has 2 aliphatic heterocycles. The Morgan fingerprint density at radius 2 is 1.65 bits per heavy atom. The number of oxazole rings is 1. The number of nitrogens with zero attached hydrogens (tertiary/aromatic N) is 6. The van der Waals surface area contributed by atoms with Gasteiger partial charge >= 0.3 is 0 Å². The number of hydrogen-bond donors (Lipinski definition) is 2. The van der Waals surface area contributed by atoms with E-state index in [4.69, 9.17) is 14.4 Å². The van der Waals surface area contributed by atoms with Gasteiger partial charge in [-0.15, -0.1) is 0 Å². The van der Waals surface area contributed by atoms with Crippen molar-refractivity contribution in [3.8, 4) is 28.7 Å². The summed E-state index contributed by atoms with van der Waals surface area (Å²) in [6.07, 6.45) is 5.93. The summed E-state index contributed by atoms with van der Waals surface area (Å²) in [7, 11) is 0. The molecule has 0 unspecified atom stereocenters. The van der Waals surface area contributed by atoms with Gasteiger partial charge in [0.25, 0.3) is 0 Å². The lowest BCUT2D eigenvalue weighted by atomic mass is 9.93. The first-order chi connectivity index (χ1) is 23.4. The fourth-order valence-corrected chi connectivity index (χ4v) is 7.14. The van der Waals surface area contributed by atoms with Crippen molar-refractivity contribution in [2.24, 2.45) is 0 Å². The molecule has 2 fully saturated rings. The summed E-state index contributed by atoms with van der Waals surface area (Å²) in [5.41, 5.74) is 10.9. The summed E-state index contributed by atoms with van der Waals surface area (Å²) in [6.45, 7) is 9.39. The fourth-order valence-electron chi connectivity index (χ4n) is 7.14. The Bertz CT molecular complexity index is 2210. The number of likely N-dealkylation sites (tertiary alicyclic amines) is 2. The van der Waals surface area contributed by atoms with Crippen molar-refractivity contribution in [3.05, 3.63) is 101 Å². The van der Waals surface area contributed by atoms with Crippen LogP contribution in [0.15, 0.2) is 77.5 Å². The molecule has 2 aliphatic rings. The zero-order valence-electron chi connectivity index (χ0n) is 27.2. The first-order valence-electron chi connectivity index (χ1n) is 16.6. The lowest BCUT2D eigenvalue weighted by molar-refractivity contribution is -0.00289. The molecule has 0 aliphatic carbocycles. The van der Waals surface area contributed by atoms with Crippen LogP contribution in [-0.2, 0) is 13.1 Å². The summed E-state index contributed by atoms with van der Waals surface area (Å²) in [4.78, 5) is 19.0. The number of β-amino-alcohol motifs (C(OH)–C–C–N with tert-alkyl or cyclic N) is 1. The molecule has 2 N–H and O–H groups in total. The highest BCUT2D eigenvalue weighted by molar-refractivity contribution is 5.91. The maximum atomic E-state index is 9.96. The van der Waals surface area contributed by atoms with Crippen LogP contribution in [-0.4, -0.2) is 62.1 Å². The normalized spacial score (nSPS) is 15.6. The molecular weight excluding hydrogens is 598 g/mol. The predicted molar refractivity (Wildman–Crippen MR) is 188 cm³/mol. The zero-order chi connectivity index (χ0) is 32.8. The minimum atomic E-state index is -0.221. The van der Waals surface area contributed by atoms with E-state index < -0.39 is 0 Å². The quantitative estimate of drug-likeness (QED) is 0.181. The molecule has 5 heterocycles. The second-order valence-electron chi connectivity index (χ2n) is 13.1. The van der Waals surface area contributed by atoms with Crippen molar-refractivity contribution < 1.29 is 9.52 Å². The number of aliphatic hydroxyl groups is 1. The van der Waals surface area contributed by atoms with Crippen molar-refractivity contribution in [1.82, 2.24) is 24.8 Å². The van der Waals surface area contributed by atoms with Crippen LogP contribution < -0.4 is 5.32 Å². The van der Waals surface area contributed by atoms with Crippen LogP contribution in [0.1, 0.15) is 40.7 Å². The minimum Gasteiger partial charge on any atom is -0.435 e. The molecule has 3 aromatic heterocycles. The molecule has 2 saturated heterocycles. The highest BCUT2D eigenvalue weighted by atomic mass is 16.3. The molecular formula is C39H37N7O2. The number of aromatic nitrogens is 3. The van der Waals surface area contributed by atoms with E-state index in [1.54, 1.807) is 0 Å². The summed E-state index contributed by atoms with van der Waals surface area (Å²) in [5, 5.41) is 24.2. The molecule has 6 aromatic rings. The average Bonchev–Trinajstić information content (AvgIpc) is 3.75. The van der Waals surface area contributed by atoms with Crippen molar-refractivity contribution in [2.75, 3.05) is 31.5 Å². The van der Waals surface area contributed by atoms with E-state index in [0.29, 0.717) is 41.5 Å². The maximum Gasteiger partial charge on any atom is 0.227 e. The molecule has 8 rings (SSSR count). The number of fused-ring (bicyclic) bond motifs is 2. The summed E-state index contributed by atoms with van der Waals surface area (Å²) < 4.78 is 6.30. The number of nitrogens with one attached hydrogen (secondary N) is 1. The summed E-state index contributed by atoms with van der Waals surface area (Å²) in [5.74, 6) is 1.22. The molecule has 0 amide bonds.